The molecule has 0 aliphatic carbocycles. The Morgan fingerprint density at radius 1 is 1.04 bits per heavy atom. The zero-order chi connectivity index (χ0) is 19.1. The molecule has 2 aromatic carbocycles. The van der Waals surface area contributed by atoms with E-state index in [2.05, 4.69) is 20.6 Å². The van der Waals surface area contributed by atoms with E-state index in [1.54, 1.807) is 20.2 Å². The van der Waals surface area contributed by atoms with Crippen molar-refractivity contribution in [2.75, 3.05) is 12.4 Å². The predicted octanol–water partition coefficient (Wildman–Crippen LogP) is 3.34. The molecule has 0 saturated heterocycles. The molecular weight excluding hydrogens is 340 g/mol. The van der Waals surface area contributed by atoms with Gasteiger partial charge in [-0.15, -0.1) is 0 Å². The molecule has 6 nitrogen and oxygen atoms in total. The molecule has 0 radical (unpaired) electrons. The number of hydrogen-bond acceptors (Lipinski definition) is 5. The number of nitrogens with zero attached hydrogens (tertiary/aromatic N) is 2. The highest BCUT2D eigenvalue weighted by atomic mass is 16.5. The molecule has 0 spiro atoms. The van der Waals surface area contributed by atoms with Crippen LogP contribution >= 0.6 is 0 Å². The maximum absolute atomic E-state index is 12.4. The first-order valence-corrected chi connectivity index (χ1v) is 8.68. The van der Waals surface area contributed by atoms with Crippen LogP contribution in [-0.4, -0.2) is 23.0 Å². The summed E-state index contributed by atoms with van der Waals surface area (Å²) in [6, 6.07) is 17.6. The van der Waals surface area contributed by atoms with Crippen LogP contribution in [0.4, 0.5) is 5.95 Å². The van der Waals surface area contributed by atoms with Gasteiger partial charge in [0.1, 0.15) is 5.75 Å². The molecule has 0 aliphatic rings. The smallest absolute Gasteiger partial charge is 0.254 e. The summed E-state index contributed by atoms with van der Waals surface area (Å²) in [5.74, 6) is 1.06. The lowest BCUT2D eigenvalue weighted by Gasteiger charge is -2.10. The monoisotopic (exact) mass is 362 g/mol. The first-order valence-electron chi connectivity index (χ1n) is 8.68. The van der Waals surface area contributed by atoms with Crippen molar-refractivity contribution in [2.24, 2.45) is 0 Å². The number of carbonyl (C=O) groups excluding carboxylic acids is 1. The minimum Gasteiger partial charge on any atom is -0.497 e. The molecule has 1 amide bonds. The Morgan fingerprint density at radius 3 is 2.56 bits per heavy atom. The molecule has 1 heterocycles. The lowest BCUT2D eigenvalue weighted by Crippen LogP contribution is -2.24. The Balaban J connectivity index is 1.60. The fraction of sp³-hybridized carbons (Fsp3) is 0.190. The van der Waals surface area contributed by atoms with E-state index in [9.17, 15) is 4.79 Å². The van der Waals surface area contributed by atoms with Gasteiger partial charge in [0.2, 0.25) is 5.95 Å². The zero-order valence-corrected chi connectivity index (χ0v) is 15.4. The molecule has 0 atom stereocenters. The normalized spacial score (nSPS) is 10.3. The molecule has 3 aromatic rings. The molecule has 2 N–H and O–H groups in total. The number of nitrogens with one attached hydrogen (secondary N) is 2. The number of aryl methyl sites for hydroxylation is 1. The van der Waals surface area contributed by atoms with Crippen LogP contribution in [0.15, 0.2) is 60.8 Å². The maximum atomic E-state index is 12.4. The van der Waals surface area contributed by atoms with Gasteiger partial charge in [0.25, 0.3) is 5.91 Å². The Hall–Kier alpha value is -3.41. The second-order valence-corrected chi connectivity index (χ2v) is 6.07. The van der Waals surface area contributed by atoms with Gasteiger partial charge in [0.05, 0.1) is 18.4 Å². The van der Waals surface area contributed by atoms with Gasteiger partial charge in [-0.3, -0.25) is 4.79 Å². The van der Waals surface area contributed by atoms with Crippen LogP contribution in [-0.2, 0) is 13.1 Å². The van der Waals surface area contributed by atoms with E-state index in [0.717, 1.165) is 16.9 Å². The number of carbonyl (C=O) groups is 1. The maximum Gasteiger partial charge on any atom is 0.254 e. The summed E-state index contributed by atoms with van der Waals surface area (Å²) in [5, 5.41) is 6.06. The van der Waals surface area contributed by atoms with Crippen LogP contribution in [0, 0.1) is 6.92 Å². The van der Waals surface area contributed by atoms with E-state index in [-0.39, 0.29) is 5.91 Å². The average molecular weight is 362 g/mol. The van der Waals surface area contributed by atoms with Gasteiger partial charge in [-0.05, 0) is 30.2 Å². The quantitative estimate of drug-likeness (QED) is 0.674. The number of hydrogen-bond donors (Lipinski definition) is 2. The standard InChI is InChI=1S/C21H22N4O2/c1-15-19(20(26)22-13-17-9-6-10-18(11-17)27-2)14-24-21(25-15)23-12-16-7-4-3-5-8-16/h3-11,14H,12-13H2,1-2H3,(H,22,26)(H,23,24,25). The van der Waals surface area contributed by atoms with Gasteiger partial charge >= 0.3 is 0 Å². The van der Waals surface area contributed by atoms with Crippen molar-refractivity contribution in [1.29, 1.82) is 0 Å². The highest BCUT2D eigenvalue weighted by Gasteiger charge is 2.12. The van der Waals surface area contributed by atoms with Crippen molar-refractivity contribution >= 4 is 11.9 Å². The lowest BCUT2D eigenvalue weighted by atomic mass is 10.2. The van der Waals surface area contributed by atoms with Crippen LogP contribution < -0.4 is 15.4 Å². The third-order valence-corrected chi connectivity index (χ3v) is 4.10. The van der Waals surface area contributed by atoms with Crippen molar-refractivity contribution in [3.05, 3.63) is 83.2 Å². The minimum absolute atomic E-state index is 0.204. The molecule has 1 aromatic heterocycles. The molecule has 3 rings (SSSR count). The van der Waals surface area contributed by atoms with E-state index < -0.39 is 0 Å². The predicted molar refractivity (Wildman–Crippen MR) is 105 cm³/mol. The summed E-state index contributed by atoms with van der Waals surface area (Å²) in [4.78, 5) is 21.1. The summed E-state index contributed by atoms with van der Waals surface area (Å²) in [5.41, 5.74) is 3.19. The number of aromatic nitrogens is 2. The summed E-state index contributed by atoms with van der Waals surface area (Å²) in [6.07, 6.45) is 1.55. The minimum atomic E-state index is -0.204. The van der Waals surface area contributed by atoms with Crippen LogP contribution in [0.1, 0.15) is 27.2 Å². The van der Waals surface area contributed by atoms with Gasteiger partial charge in [-0.25, -0.2) is 9.97 Å². The fourth-order valence-electron chi connectivity index (χ4n) is 2.61. The first kappa shape index (κ1) is 18.4. The summed E-state index contributed by atoms with van der Waals surface area (Å²) >= 11 is 0. The molecule has 0 unspecified atom stereocenters. The molecular formula is C21H22N4O2. The molecule has 27 heavy (non-hydrogen) atoms. The van der Waals surface area contributed by atoms with Gasteiger partial charge < -0.3 is 15.4 Å². The number of amides is 1. The van der Waals surface area contributed by atoms with E-state index in [4.69, 9.17) is 4.74 Å². The topological polar surface area (TPSA) is 76.1 Å². The number of ether oxygens (including phenoxy) is 1. The van der Waals surface area contributed by atoms with Gasteiger partial charge in [0, 0.05) is 19.3 Å². The molecule has 138 valence electrons. The van der Waals surface area contributed by atoms with Crippen LogP contribution in [0.2, 0.25) is 0 Å². The third-order valence-electron chi connectivity index (χ3n) is 4.10. The van der Waals surface area contributed by atoms with E-state index in [1.807, 2.05) is 54.6 Å². The van der Waals surface area contributed by atoms with Gasteiger partial charge in [-0.2, -0.15) is 0 Å². The van der Waals surface area contributed by atoms with Crippen molar-refractivity contribution in [2.45, 2.75) is 20.0 Å². The highest BCUT2D eigenvalue weighted by molar-refractivity contribution is 5.94. The molecule has 0 bridgehead atoms. The fourth-order valence-corrected chi connectivity index (χ4v) is 2.61. The number of methoxy groups -OCH3 is 1. The van der Waals surface area contributed by atoms with Crippen LogP contribution in [0.3, 0.4) is 0 Å². The average Bonchev–Trinajstić information content (AvgIpc) is 2.71. The van der Waals surface area contributed by atoms with Gasteiger partial charge in [0.15, 0.2) is 0 Å². The van der Waals surface area contributed by atoms with Crippen molar-refractivity contribution in [1.82, 2.24) is 15.3 Å². The van der Waals surface area contributed by atoms with Crippen molar-refractivity contribution in [3.8, 4) is 5.75 Å². The second-order valence-electron chi connectivity index (χ2n) is 6.07. The lowest BCUT2D eigenvalue weighted by molar-refractivity contribution is 0.0949. The molecule has 0 saturated carbocycles. The number of benzene rings is 2. The van der Waals surface area contributed by atoms with Crippen LogP contribution in [0.25, 0.3) is 0 Å². The Bertz CT molecular complexity index is 913. The largest absolute Gasteiger partial charge is 0.497 e. The van der Waals surface area contributed by atoms with Gasteiger partial charge in [-0.1, -0.05) is 42.5 Å². The number of rotatable bonds is 7. The summed E-state index contributed by atoms with van der Waals surface area (Å²) < 4.78 is 5.19. The summed E-state index contributed by atoms with van der Waals surface area (Å²) in [7, 11) is 1.62. The SMILES string of the molecule is COc1cccc(CNC(=O)c2cnc(NCc3ccccc3)nc2C)c1. The second kappa shape index (κ2) is 8.80. The molecule has 6 heteroatoms. The van der Waals surface area contributed by atoms with Crippen LogP contribution in [0.5, 0.6) is 5.75 Å². The summed E-state index contributed by atoms with van der Waals surface area (Å²) in [6.45, 7) is 2.83. The third kappa shape index (κ3) is 5.04. The highest BCUT2D eigenvalue weighted by Crippen LogP contribution is 2.13. The Morgan fingerprint density at radius 2 is 1.81 bits per heavy atom. The zero-order valence-electron chi connectivity index (χ0n) is 15.4. The first-order chi connectivity index (χ1) is 13.2. The Kier molecular flexibility index (Phi) is 5.99. The van der Waals surface area contributed by atoms with E-state index in [1.165, 1.54) is 0 Å². The van der Waals surface area contributed by atoms with Crippen molar-refractivity contribution in [3.63, 3.8) is 0 Å². The number of anilines is 1. The van der Waals surface area contributed by atoms with Crippen molar-refractivity contribution < 1.29 is 9.53 Å². The molecule has 0 fully saturated rings. The molecule has 0 aliphatic heterocycles. The Labute approximate surface area is 158 Å². The van der Waals surface area contributed by atoms with E-state index in [0.29, 0.717) is 30.3 Å². The van der Waals surface area contributed by atoms with E-state index >= 15 is 0 Å².